The Morgan fingerprint density at radius 1 is 1.17 bits per heavy atom. The zero-order valence-electron chi connectivity index (χ0n) is 11.8. The number of rotatable bonds is 3. The van der Waals surface area contributed by atoms with Crippen molar-refractivity contribution in [2.24, 2.45) is 5.92 Å². The molecule has 2 heterocycles. The molecule has 0 radical (unpaired) electrons. The van der Waals surface area contributed by atoms with Gasteiger partial charge in [0.1, 0.15) is 11.6 Å². The van der Waals surface area contributed by atoms with Gasteiger partial charge in [0.25, 0.3) is 5.92 Å². The fourth-order valence-electron chi connectivity index (χ4n) is 2.68. The molecule has 1 aromatic carbocycles. The minimum atomic E-state index is -2.59. The summed E-state index contributed by atoms with van der Waals surface area (Å²) >= 11 is 6.37. The normalized spacial score (nSPS) is 19.2. The van der Waals surface area contributed by atoms with Crippen LogP contribution in [-0.4, -0.2) is 20.5 Å². The molecule has 1 unspecified atom stereocenters. The number of hydrogen-bond donors (Lipinski definition) is 0. The summed E-state index contributed by atoms with van der Waals surface area (Å²) in [7, 11) is 0. The Hall–Kier alpha value is -2.08. The highest BCUT2D eigenvalue weighted by atomic mass is 35.5. The smallest absolute Gasteiger partial charge is 0.252 e. The predicted octanol–water partition coefficient (Wildman–Crippen LogP) is 4.39. The molecule has 1 aliphatic rings. The van der Waals surface area contributed by atoms with Gasteiger partial charge in [-0.1, -0.05) is 23.7 Å². The Labute approximate surface area is 134 Å². The van der Waals surface area contributed by atoms with Crippen LogP contribution in [0.3, 0.4) is 0 Å². The van der Waals surface area contributed by atoms with E-state index in [1.807, 2.05) is 0 Å². The second-order valence-electron chi connectivity index (χ2n) is 5.73. The molecule has 0 spiro atoms. The zero-order valence-corrected chi connectivity index (χ0v) is 12.6. The molecule has 3 nitrogen and oxygen atoms in total. The second kappa shape index (κ2) is 4.96. The van der Waals surface area contributed by atoms with Gasteiger partial charge in [0.15, 0.2) is 5.65 Å². The van der Waals surface area contributed by atoms with Crippen LogP contribution in [0.2, 0.25) is 5.02 Å². The van der Waals surface area contributed by atoms with Gasteiger partial charge in [-0.2, -0.15) is 0 Å². The molecule has 3 aromatic rings. The molecule has 1 atom stereocenters. The third-order valence-electron chi connectivity index (χ3n) is 4.13. The highest BCUT2D eigenvalue weighted by molar-refractivity contribution is 6.36. The van der Waals surface area contributed by atoms with Gasteiger partial charge in [0.05, 0.1) is 5.02 Å². The van der Waals surface area contributed by atoms with Gasteiger partial charge in [0.2, 0.25) is 0 Å². The lowest BCUT2D eigenvalue weighted by Crippen LogP contribution is -2.02. The van der Waals surface area contributed by atoms with Crippen molar-refractivity contribution in [3.05, 3.63) is 53.2 Å². The van der Waals surface area contributed by atoms with Gasteiger partial charge in [-0.05, 0) is 23.8 Å². The number of halogens is 4. The Morgan fingerprint density at radius 3 is 2.52 bits per heavy atom. The van der Waals surface area contributed by atoms with E-state index in [-0.39, 0.29) is 18.7 Å². The molecule has 0 amide bonds. The molecule has 7 heteroatoms. The average Bonchev–Trinajstić information content (AvgIpc) is 2.92. The zero-order chi connectivity index (χ0) is 16.2. The highest BCUT2D eigenvalue weighted by Gasteiger charge is 2.56. The largest absolute Gasteiger partial charge is 0.285 e. The van der Waals surface area contributed by atoms with Gasteiger partial charge in [-0.15, -0.1) is 10.2 Å². The van der Waals surface area contributed by atoms with Crippen molar-refractivity contribution < 1.29 is 13.2 Å². The van der Waals surface area contributed by atoms with Gasteiger partial charge in [-0.3, -0.25) is 4.40 Å². The van der Waals surface area contributed by atoms with E-state index in [4.69, 9.17) is 11.6 Å². The summed E-state index contributed by atoms with van der Waals surface area (Å²) in [5.41, 5.74) is 1.85. The van der Waals surface area contributed by atoms with Crippen molar-refractivity contribution >= 4 is 17.2 Å². The van der Waals surface area contributed by atoms with Crippen LogP contribution in [-0.2, 0) is 6.42 Å². The molecule has 118 valence electrons. The van der Waals surface area contributed by atoms with E-state index in [1.54, 1.807) is 28.8 Å². The second-order valence-corrected chi connectivity index (χ2v) is 6.10. The Kier molecular flexibility index (Phi) is 3.13. The maximum absolute atomic E-state index is 13.1. The number of hydrogen-bond acceptors (Lipinski definition) is 2. The van der Waals surface area contributed by atoms with Gasteiger partial charge < -0.3 is 0 Å². The standard InChI is InChI=1S/C16H11ClF3N3/c17-14-12(9-1-3-11(18)4-2-9)5-6-23-13(21-22-15(14)23)7-10-8-16(10,19)20/h1-6,10H,7-8H2. The first-order chi connectivity index (χ1) is 11.0. The van der Waals surface area contributed by atoms with Crippen LogP contribution in [0.4, 0.5) is 13.2 Å². The molecular formula is C16H11ClF3N3. The molecule has 1 fully saturated rings. The molecule has 4 rings (SSSR count). The quantitative estimate of drug-likeness (QED) is 0.709. The minimum Gasteiger partial charge on any atom is -0.285 e. The van der Waals surface area contributed by atoms with Crippen molar-refractivity contribution in [2.75, 3.05) is 0 Å². The predicted molar refractivity (Wildman–Crippen MR) is 80.1 cm³/mol. The first-order valence-electron chi connectivity index (χ1n) is 7.11. The summed E-state index contributed by atoms with van der Waals surface area (Å²) in [5.74, 6) is -3.13. The number of fused-ring (bicyclic) bond motifs is 1. The number of nitrogens with zero attached hydrogens (tertiary/aromatic N) is 3. The lowest BCUT2D eigenvalue weighted by atomic mass is 10.1. The van der Waals surface area contributed by atoms with E-state index in [9.17, 15) is 13.2 Å². The number of benzene rings is 1. The summed E-state index contributed by atoms with van der Waals surface area (Å²) in [6.45, 7) is 0. The van der Waals surface area contributed by atoms with E-state index in [0.717, 1.165) is 5.56 Å². The van der Waals surface area contributed by atoms with Crippen LogP contribution >= 0.6 is 11.6 Å². The van der Waals surface area contributed by atoms with E-state index in [1.165, 1.54) is 12.1 Å². The molecule has 1 saturated carbocycles. The van der Waals surface area contributed by atoms with Gasteiger partial charge in [-0.25, -0.2) is 13.2 Å². The topological polar surface area (TPSA) is 30.2 Å². The maximum Gasteiger partial charge on any atom is 0.252 e. The fraction of sp³-hybridized carbons (Fsp3) is 0.250. The average molecular weight is 338 g/mol. The lowest BCUT2D eigenvalue weighted by Gasteiger charge is -2.06. The minimum absolute atomic E-state index is 0.108. The van der Waals surface area contributed by atoms with Crippen molar-refractivity contribution in [3.63, 3.8) is 0 Å². The highest BCUT2D eigenvalue weighted by Crippen LogP contribution is 2.50. The monoisotopic (exact) mass is 337 g/mol. The van der Waals surface area contributed by atoms with Crippen LogP contribution in [0, 0.1) is 11.7 Å². The summed E-state index contributed by atoms with van der Waals surface area (Å²) in [4.78, 5) is 0. The SMILES string of the molecule is Fc1ccc(-c2ccn3c(CC4CC4(F)F)nnc3c2Cl)cc1. The fourth-order valence-corrected chi connectivity index (χ4v) is 2.98. The van der Waals surface area contributed by atoms with E-state index in [0.29, 0.717) is 22.1 Å². The third-order valence-corrected chi connectivity index (χ3v) is 4.50. The van der Waals surface area contributed by atoms with E-state index < -0.39 is 11.8 Å². The van der Waals surface area contributed by atoms with Crippen LogP contribution < -0.4 is 0 Å². The Bertz CT molecular complexity index is 889. The molecule has 1 aliphatic carbocycles. The molecule has 0 saturated heterocycles. The third kappa shape index (κ3) is 2.47. The molecule has 23 heavy (non-hydrogen) atoms. The van der Waals surface area contributed by atoms with Gasteiger partial charge >= 0.3 is 0 Å². The van der Waals surface area contributed by atoms with Crippen molar-refractivity contribution in [1.82, 2.24) is 14.6 Å². The van der Waals surface area contributed by atoms with Crippen LogP contribution in [0.25, 0.3) is 16.8 Å². The van der Waals surface area contributed by atoms with Crippen LogP contribution in [0.1, 0.15) is 12.2 Å². The molecule has 0 N–H and O–H groups in total. The van der Waals surface area contributed by atoms with E-state index >= 15 is 0 Å². The molecule has 0 bridgehead atoms. The van der Waals surface area contributed by atoms with Gasteiger partial charge in [0, 0.05) is 30.5 Å². The Balaban J connectivity index is 1.73. The summed E-state index contributed by atoms with van der Waals surface area (Å²) < 4.78 is 40.8. The molecular weight excluding hydrogens is 327 g/mol. The maximum atomic E-state index is 13.1. The van der Waals surface area contributed by atoms with Crippen LogP contribution in [0.5, 0.6) is 0 Å². The number of pyridine rings is 1. The Morgan fingerprint density at radius 2 is 1.87 bits per heavy atom. The number of aromatic nitrogens is 3. The van der Waals surface area contributed by atoms with Crippen molar-refractivity contribution in [1.29, 1.82) is 0 Å². The molecule has 2 aromatic heterocycles. The summed E-state index contributed by atoms with van der Waals surface area (Å²) in [5, 5.41) is 8.36. The summed E-state index contributed by atoms with van der Waals surface area (Å²) in [6.07, 6.45) is 1.76. The van der Waals surface area contributed by atoms with Crippen molar-refractivity contribution in [2.45, 2.75) is 18.8 Å². The first-order valence-corrected chi connectivity index (χ1v) is 7.49. The first kappa shape index (κ1) is 14.5. The number of alkyl halides is 2. The molecule has 0 aliphatic heterocycles. The van der Waals surface area contributed by atoms with Crippen LogP contribution in [0.15, 0.2) is 36.5 Å². The van der Waals surface area contributed by atoms with Crippen molar-refractivity contribution in [3.8, 4) is 11.1 Å². The summed E-state index contributed by atoms with van der Waals surface area (Å²) in [6, 6.07) is 7.69. The van der Waals surface area contributed by atoms with E-state index in [2.05, 4.69) is 10.2 Å². The lowest BCUT2D eigenvalue weighted by molar-refractivity contribution is 0.0984.